The summed E-state index contributed by atoms with van der Waals surface area (Å²) in [6.45, 7) is 1.37. The van der Waals surface area contributed by atoms with Crippen molar-refractivity contribution >= 4 is 11.7 Å². The summed E-state index contributed by atoms with van der Waals surface area (Å²) >= 11 is 0. The van der Waals surface area contributed by atoms with Crippen LogP contribution in [0, 0.1) is 5.92 Å². The second-order valence-electron chi connectivity index (χ2n) is 3.66. The minimum atomic E-state index is -4.45. The van der Waals surface area contributed by atoms with Gasteiger partial charge in [-0.3, -0.25) is 4.79 Å². The molecule has 1 atom stereocenters. The number of halogens is 3. The fourth-order valence-electron chi connectivity index (χ4n) is 1.23. The topological polar surface area (TPSA) is 49.3 Å². The summed E-state index contributed by atoms with van der Waals surface area (Å²) < 4.78 is 37.7. The molecule has 0 heterocycles. The van der Waals surface area contributed by atoms with Gasteiger partial charge in [-0.25, -0.2) is 0 Å². The Morgan fingerprint density at radius 1 is 1.41 bits per heavy atom. The minimum absolute atomic E-state index is 0.0531. The maximum Gasteiger partial charge on any atom is 0.418 e. The van der Waals surface area contributed by atoms with Crippen LogP contribution in [0.3, 0.4) is 0 Å². The lowest BCUT2D eigenvalue weighted by Gasteiger charge is -2.15. The normalized spacial score (nSPS) is 13.2. The van der Waals surface area contributed by atoms with Crippen molar-refractivity contribution in [3.8, 4) is 0 Å². The molecule has 1 aromatic rings. The highest BCUT2D eigenvalue weighted by atomic mass is 19.4. The molecule has 0 spiro atoms. The summed E-state index contributed by atoms with van der Waals surface area (Å²) in [4.78, 5) is 10.5. The first-order valence-electron chi connectivity index (χ1n) is 4.95. The molecule has 0 bridgehead atoms. The van der Waals surface area contributed by atoms with Crippen molar-refractivity contribution in [2.24, 2.45) is 5.92 Å². The molecule has 3 nitrogen and oxygen atoms in total. The lowest BCUT2D eigenvalue weighted by Crippen LogP contribution is -2.21. The predicted molar refractivity (Wildman–Crippen MR) is 56.7 cm³/mol. The summed E-state index contributed by atoms with van der Waals surface area (Å²) in [6, 6.07) is 4.97. The van der Waals surface area contributed by atoms with Crippen molar-refractivity contribution < 1.29 is 23.1 Å². The van der Waals surface area contributed by atoms with Gasteiger partial charge in [0.05, 0.1) is 11.5 Å². The van der Waals surface area contributed by atoms with E-state index in [-0.39, 0.29) is 12.2 Å². The molecule has 0 aromatic heterocycles. The zero-order valence-corrected chi connectivity index (χ0v) is 9.08. The molecule has 1 rings (SSSR count). The second-order valence-corrected chi connectivity index (χ2v) is 3.66. The Balaban J connectivity index is 2.81. The van der Waals surface area contributed by atoms with E-state index in [9.17, 15) is 18.0 Å². The Kier molecular flexibility index (Phi) is 3.98. The van der Waals surface area contributed by atoms with E-state index in [1.807, 2.05) is 0 Å². The summed E-state index contributed by atoms with van der Waals surface area (Å²) in [5.41, 5.74) is -0.898. The molecular weight excluding hydrogens is 235 g/mol. The Morgan fingerprint density at radius 3 is 2.53 bits per heavy atom. The van der Waals surface area contributed by atoms with E-state index in [1.54, 1.807) is 0 Å². The Bertz CT molecular complexity index is 404. The standard InChI is InChI=1S/C11H12F3NO2/c1-7(10(16)17)6-15-9-5-3-2-4-8(9)11(12,13)14/h2-5,7,15H,6H2,1H3,(H,16,17). The van der Waals surface area contributed by atoms with E-state index in [1.165, 1.54) is 25.1 Å². The second kappa shape index (κ2) is 5.07. The first-order chi connectivity index (χ1) is 7.82. The number of para-hydroxylation sites is 1. The van der Waals surface area contributed by atoms with Gasteiger partial charge in [0.15, 0.2) is 0 Å². The minimum Gasteiger partial charge on any atom is -0.481 e. The summed E-state index contributed by atoms with van der Waals surface area (Å²) in [6.07, 6.45) is -4.45. The number of carboxylic acids is 1. The van der Waals surface area contributed by atoms with Gasteiger partial charge >= 0.3 is 12.1 Å². The van der Waals surface area contributed by atoms with Gasteiger partial charge in [0, 0.05) is 12.2 Å². The number of hydrogen-bond donors (Lipinski definition) is 2. The molecule has 0 aliphatic heterocycles. The molecule has 17 heavy (non-hydrogen) atoms. The summed E-state index contributed by atoms with van der Waals surface area (Å²) in [7, 11) is 0. The number of aliphatic carboxylic acids is 1. The van der Waals surface area contributed by atoms with Crippen LogP contribution in [-0.2, 0) is 11.0 Å². The van der Waals surface area contributed by atoms with E-state index in [2.05, 4.69) is 5.32 Å². The third-order valence-electron chi connectivity index (χ3n) is 2.25. The molecule has 1 unspecified atom stereocenters. The van der Waals surface area contributed by atoms with Crippen molar-refractivity contribution in [1.29, 1.82) is 0 Å². The van der Waals surface area contributed by atoms with Crippen molar-refractivity contribution in [2.75, 3.05) is 11.9 Å². The third kappa shape index (κ3) is 3.65. The highest BCUT2D eigenvalue weighted by Crippen LogP contribution is 2.34. The molecule has 1 aromatic carbocycles. The summed E-state index contributed by atoms with van der Waals surface area (Å²) in [5, 5.41) is 11.1. The van der Waals surface area contributed by atoms with Crippen molar-refractivity contribution in [1.82, 2.24) is 0 Å². The predicted octanol–water partition coefficient (Wildman–Crippen LogP) is 2.84. The molecular formula is C11H12F3NO2. The molecule has 0 radical (unpaired) electrons. The van der Waals surface area contributed by atoms with Gasteiger partial charge in [-0.2, -0.15) is 13.2 Å². The van der Waals surface area contributed by atoms with Crippen LogP contribution in [-0.4, -0.2) is 17.6 Å². The number of rotatable bonds is 4. The van der Waals surface area contributed by atoms with Gasteiger partial charge in [-0.05, 0) is 12.1 Å². The number of benzene rings is 1. The number of alkyl halides is 3. The van der Waals surface area contributed by atoms with Crippen LogP contribution in [0.2, 0.25) is 0 Å². The van der Waals surface area contributed by atoms with Crippen LogP contribution in [0.4, 0.5) is 18.9 Å². The maximum absolute atomic E-state index is 12.6. The molecule has 2 N–H and O–H groups in total. The molecule has 6 heteroatoms. The SMILES string of the molecule is CC(CNc1ccccc1C(F)(F)F)C(=O)O. The lowest BCUT2D eigenvalue weighted by molar-refractivity contribution is -0.140. The average Bonchev–Trinajstić information content (AvgIpc) is 2.24. The van der Waals surface area contributed by atoms with Crippen LogP contribution in [0.5, 0.6) is 0 Å². The zero-order valence-electron chi connectivity index (χ0n) is 9.08. The molecule has 0 saturated heterocycles. The highest BCUT2D eigenvalue weighted by molar-refractivity contribution is 5.70. The number of carboxylic acid groups (broad SMARTS) is 1. The van der Waals surface area contributed by atoms with Crippen LogP contribution in [0.1, 0.15) is 12.5 Å². The molecule has 0 aliphatic carbocycles. The third-order valence-corrected chi connectivity index (χ3v) is 2.25. The fraction of sp³-hybridized carbons (Fsp3) is 0.364. The molecule has 94 valence electrons. The summed E-state index contributed by atoms with van der Waals surface area (Å²) in [5.74, 6) is -1.81. The molecule has 0 aliphatic rings. The van der Waals surface area contributed by atoms with E-state index in [4.69, 9.17) is 5.11 Å². The van der Waals surface area contributed by atoms with Gasteiger partial charge < -0.3 is 10.4 Å². The van der Waals surface area contributed by atoms with Gasteiger partial charge in [-0.1, -0.05) is 19.1 Å². The number of nitrogens with one attached hydrogen (secondary N) is 1. The van der Waals surface area contributed by atoms with Crippen LogP contribution in [0.15, 0.2) is 24.3 Å². The van der Waals surface area contributed by atoms with Crippen LogP contribution in [0.25, 0.3) is 0 Å². The molecule has 0 amide bonds. The van der Waals surface area contributed by atoms with Crippen LogP contribution < -0.4 is 5.32 Å². The van der Waals surface area contributed by atoms with Gasteiger partial charge in [0.1, 0.15) is 0 Å². The van der Waals surface area contributed by atoms with Crippen molar-refractivity contribution in [2.45, 2.75) is 13.1 Å². The Labute approximate surface area is 96.3 Å². The monoisotopic (exact) mass is 247 g/mol. The first kappa shape index (κ1) is 13.3. The quantitative estimate of drug-likeness (QED) is 0.860. The van der Waals surface area contributed by atoms with E-state index in [0.717, 1.165) is 6.07 Å². The largest absolute Gasteiger partial charge is 0.481 e. The van der Waals surface area contributed by atoms with Gasteiger partial charge in [0.2, 0.25) is 0 Å². The maximum atomic E-state index is 12.6. The smallest absolute Gasteiger partial charge is 0.418 e. The van der Waals surface area contributed by atoms with Gasteiger partial charge in [0.25, 0.3) is 0 Å². The van der Waals surface area contributed by atoms with Crippen LogP contribution >= 0.6 is 0 Å². The average molecular weight is 247 g/mol. The highest BCUT2D eigenvalue weighted by Gasteiger charge is 2.33. The Morgan fingerprint density at radius 2 is 2.00 bits per heavy atom. The fourth-order valence-corrected chi connectivity index (χ4v) is 1.23. The molecule has 0 fully saturated rings. The Hall–Kier alpha value is -1.72. The van der Waals surface area contributed by atoms with Crippen molar-refractivity contribution in [3.05, 3.63) is 29.8 Å². The number of hydrogen-bond acceptors (Lipinski definition) is 2. The first-order valence-corrected chi connectivity index (χ1v) is 4.95. The van der Waals surface area contributed by atoms with Crippen molar-refractivity contribution in [3.63, 3.8) is 0 Å². The van der Waals surface area contributed by atoms with E-state index < -0.39 is 23.6 Å². The van der Waals surface area contributed by atoms with E-state index in [0.29, 0.717) is 0 Å². The lowest BCUT2D eigenvalue weighted by atomic mass is 10.1. The number of carbonyl (C=O) groups is 1. The van der Waals surface area contributed by atoms with Gasteiger partial charge in [-0.15, -0.1) is 0 Å². The zero-order chi connectivity index (χ0) is 13.1. The molecule has 0 saturated carbocycles. The van der Waals surface area contributed by atoms with E-state index >= 15 is 0 Å². The number of anilines is 1.